The zero-order valence-corrected chi connectivity index (χ0v) is 12.9. The Morgan fingerprint density at radius 2 is 2.20 bits per heavy atom. The van der Waals surface area contributed by atoms with Crippen molar-refractivity contribution >= 4 is 29.1 Å². The van der Waals surface area contributed by atoms with Crippen LogP contribution >= 0.6 is 23.2 Å². The summed E-state index contributed by atoms with van der Waals surface area (Å²) in [6, 6.07) is 3.43. The van der Waals surface area contributed by atoms with Crippen molar-refractivity contribution < 1.29 is 9.53 Å². The predicted molar refractivity (Wildman–Crippen MR) is 80.5 cm³/mol. The fraction of sp³-hybridized carbons (Fsp3) is 0.500. The van der Waals surface area contributed by atoms with Crippen LogP contribution < -0.4 is 15.4 Å². The smallest absolute Gasteiger partial charge is 0.261 e. The van der Waals surface area contributed by atoms with E-state index in [9.17, 15) is 4.79 Å². The molecule has 2 rings (SSSR count). The highest BCUT2D eigenvalue weighted by Gasteiger charge is 2.24. The molecule has 1 heterocycles. The van der Waals surface area contributed by atoms with Crippen LogP contribution in [0.4, 0.5) is 0 Å². The van der Waals surface area contributed by atoms with Crippen molar-refractivity contribution in [1.29, 1.82) is 0 Å². The Labute approximate surface area is 128 Å². The van der Waals surface area contributed by atoms with Crippen LogP contribution in [-0.2, 0) is 11.3 Å². The van der Waals surface area contributed by atoms with Gasteiger partial charge in [-0.2, -0.15) is 0 Å². The first-order valence-electron chi connectivity index (χ1n) is 6.68. The maximum absolute atomic E-state index is 11.9. The Kier molecular flexibility index (Phi) is 5.52. The van der Waals surface area contributed by atoms with Crippen LogP contribution in [0.5, 0.6) is 5.75 Å². The normalized spacial score (nSPS) is 19.4. The molecule has 1 unspecified atom stereocenters. The van der Waals surface area contributed by atoms with Crippen molar-refractivity contribution in [2.24, 2.45) is 0 Å². The van der Waals surface area contributed by atoms with E-state index < -0.39 is 6.10 Å². The highest BCUT2D eigenvalue weighted by atomic mass is 35.5. The van der Waals surface area contributed by atoms with Gasteiger partial charge < -0.3 is 15.4 Å². The van der Waals surface area contributed by atoms with Crippen molar-refractivity contribution in [3.8, 4) is 5.75 Å². The number of hydrogen-bond acceptors (Lipinski definition) is 3. The van der Waals surface area contributed by atoms with Crippen LogP contribution in [0.2, 0.25) is 10.0 Å². The first-order valence-corrected chi connectivity index (χ1v) is 7.44. The SMILES string of the molecule is CNCc1cc(Cl)cc(Cl)c1OC1CCCCNC1=O. The molecule has 1 aromatic carbocycles. The highest BCUT2D eigenvalue weighted by Crippen LogP contribution is 2.33. The molecule has 1 aliphatic heterocycles. The topological polar surface area (TPSA) is 50.4 Å². The van der Waals surface area contributed by atoms with E-state index >= 15 is 0 Å². The minimum Gasteiger partial charge on any atom is -0.479 e. The number of halogens is 2. The number of carbonyl (C=O) groups excluding carboxylic acids is 1. The molecule has 1 aromatic rings. The van der Waals surface area contributed by atoms with Gasteiger partial charge in [-0.3, -0.25) is 4.79 Å². The molecule has 4 nitrogen and oxygen atoms in total. The lowest BCUT2D eigenvalue weighted by Gasteiger charge is -2.19. The molecule has 0 saturated carbocycles. The van der Waals surface area contributed by atoms with E-state index in [0.717, 1.165) is 18.4 Å². The quantitative estimate of drug-likeness (QED) is 0.898. The molecular weight excluding hydrogens is 299 g/mol. The fourth-order valence-corrected chi connectivity index (χ4v) is 2.81. The summed E-state index contributed by atoms with van der Waals surface area (Å²) >= 11 is 12.2. The summed E-state index contributed by atoms with van der Waals surface area (Å²) < 4.78 is 5.87. The minimum atomic E-state index is -0.494. The monoisotopic (exact) mass is 316 g/mol. The van der Waals surface area contributed by atoms with Crippen molar-refractivity contribution in [2.45, 2.75) is 31.9 Å². The van der Waals surface area contributed by atoms with Crippen molar-refractivity contribution in [3.63, 3.8) is 0 Å². The molecule has 1 amide bonds. The second-order valence-electron chi connectivity index (χ2n) is 4.80. The zero-order valence-electron chi connectivity index (χ0n) is 11.3. The van der Waals surface area contributed by atoms with E-state index in [1.807, 2.05) is 7.05 Å². The lowest BCUT2D eigenvalue weighted by Crippen LogP contribution is -2.36. The summed E-state index contributed by atoms with van der Waals surface area (Å²) in [6.07, 6.45) is 2.13. The number of benzene rings is 1. The van der Waals surface area contributed by atoms with Gasteiger partial charge in [0.25, 0.3) is 5.91 Å². The molecule has 110 valence electrons. The van der Waals surface area contributed by atoms with Crippen LogP contribution in [-0.4, -0.2) is 25.6 Å². The number of nitrogens with one attached hydrogen (secondary N) is 2. The second kappa shape index (κ2) is 7.16. The van der Waals surface area contributed by atoms with E-state index in [1.165, 1.54) is 0 Å². The molecule has 2 N–H and O–H groups in total. The molecule has 1 atom stereocenters. The number of carbonyl (C=O) groups is 1. The summed E-state index contributed by atoms with van der Waals surface area (Å²) in [6.45, 7) is 1.28. The van der Waals surface area contributed by atoms with E-state index in [0.29, 0.717) is 35.3 Å². The van der Waals surface area contributed by atoms with E-state index in [2.05, 4.69) is 10.6 Å². The molecule has 6 heteroatoms. The third-order valence-corrected chi connectivity index (χ3v) is 3.70. The first kappa shape index (κ1) is 15.4. The summed E-state index contributed by atoms with van der Waals surface area (Å²) in [4.78, 5) is 11.9. The zero-order chi connectivity index (χ0) is 14.5. The second-order valence-corrected chi connectivity index (χ2v) is 5.64. The first-order chi connectivity index (χ1) is 9.61. The predicted octanol–water partition coefficient (Wildman–Crippen LogP) is 2.76. The number of ether oxygens (including phenoxy) is 1. The Hall–Kier alpha value is -0.970. The molecule has 1 fully saturated rings. The van der Waals surface area contributed by atoms with Crippen LogP contribution in [0.1, 0.15) is 24.8 Å². The number of amides is 1. The summed E-state index contributed by atoms with van der Waals surface area (Å²) in [5.41, 5.74) is 0.849. The van der Waals surface area contributed by atoms with E-state index in [-0.39, 0.29) is 5.91 Å². The van der Waals surface area contributed by atoms with Gasteiger partial charge in [-0.15, -0.1) is 0 Å². The Morgan fingerprint density at radius 3 is 2.95 bits per heavy atom. The maximum Gasteiger partial charge on any atom is 0.261 e. The molecule has 0 spiro atoms. The van der Waals surface area contributed by atoms with Crippen molar-refractivity contribution in [3.05, 3.63) is 27.7 Å². The largest absolute Gasteiger partial charge is 0.479 e. The third-order valence-electron chi connectivity index (χ3n) is 3.20. The standard InChI is InChI=1S/C14H18Cl2N2O2/c1-17-8-9-6-10(15)7-11(16)13(9)20-12-4-2-3-5-18-14(12)19/h6-7,12,17H,2-5,8H2,1H3,(H,18,19). The maximum atomic E-state index is 11.9. The molecule has 0 radical (unpaired) electrons. The van der Waals surface area contributed by atoms with Crippen molar-refractivity contribution in [2.75, 3.05) is 13.6 Å². The molecule has 0 aromatic heterocycles. The lowest BCUT2D eigenvalue weighted by molar-refractivity contribution is -0.127. The average molecular weight is 317 g/mol. The number of rotatable bonds is 4. The summed E-state index contributed by atoms with van der Waals surface area (Å²) in [5.74, 6) is 0.455. The van der Waals surface area contributed by atoms with Gasteiger partial charge in [0, 0.05) is 23.7 Å². The van der Waals surface area contributed by atoms with E-state index in [1.54, 1.807) is 12.1 Å². The Balaban J connectivity index is 2.24. The van der Waals surface area contributed by atoms with Crippen LogP contribution in [0.15, 0.2) is 12.1 Å². The summed E-state index contributed by atoms with van der Waals surface area (Å²) in [5, 5.41) is 6.87. The number of hydrogen-bond donors (Lipinski definition) is 2. The molecule has 20 heavy (non-hydrogen) atoms. The van der Waals surface area contributed by atoms with Crippen LogP contribution in [0.25, 0.3) is 0 Å². The van der Waals surface area contributed by atoms with Gasteiger partial charge in [0.15, 0.2) is 6.10 Å². The average Bonchev–Trinajstić information content (AvgIpc) is 2.59. The molecule has 1 saturated heterocycles. The molecular formula is C14H18Cl2N2O2. The van der Waals surface area contributed by atoms with Gasteiger partial charge in [0.05, 0.1) is 5.02 Å². The third kappa shape index (κ3) is 3.78. The van der Waals surface area contributed by atoms with Crippen LogP contribution in [0, 0.1) is 0 Å². The Bertz CT molecular complexity index is 494. The Morgan fingerprint density at radius 1 is 1.40 bits per heavy atom. The van der Waals surface area contributed by atoms with Crippen molar-refractivity contribution in [1.82, 2.24) is 10.6 Å². The van der Waals surface area contributed by atoms with Crippen LogP contribution in [0.3, 0.4) is 0 Å². The van der Waals surface area contributed by atoms with Gasteiger partial charge in [0.1, 0.15) is 5.75 Å². The van der Waals surface area contributed by atoms with Gasteiger partial charge >= 0.3 is 0 Å². The van der Waals surface area contributed by atoms with Gasteiger partial charge in [0.2, 0.25) is 0 Å². The van der Waals surface area contributed by atoms with Gasteiger partial charge in [-0.1, -0.05) is 23.2 Å². The van der Waals surface area contributed by atoms with E-state index in [4.69, 9.17) is 27.9 Å². The highest BCUT2D eigenvalue weighted by molar-refractivity contribution is 6.35. The summed E-state index contributed by atoms with van der Waals surface area (Å²) in [7, 11) is 1.83. The van der Waals surface area contributed by atoms with Gasteiger partial charge in [-0.05, 0) is 38.4 Å². The lowest BCUT2D eigenvalue weighted by atomic mass is 10.1. The van der Waals surface area contributed by atoms with Gasteiger partial charge in [-0.25, -0.2) is 0 Å². The minimum absolute atomic E-state index is 0.0797. The molecule has 0 aliphatic carbocycles. The molecule has 1 aliphatic rings. The fourth-order valence-electron chi connectivity index (χ4n) is 2.23. The molecule has 0 bridgehead atoms.